The molecule has 0 N–H and O–H groups in total. The van der Waals surface area contributed by atoms with Crippen LogP contribution in [0.1, 0.15) is 20.3 Å². The van der Waals surface area contributed by atoms with Gasteiger partial charge in [-0.25, -0.2) is 0 Å². The number of hydrogen-bond acceptors (Lipinski definition) is 3. The topological polar surface area (TPSA) is 43.4 Å². The third-order valence-electron chi connectivity index (χ3n) is 0.759. The fourth-order valence-electron chi connectivity index (χ4n) is 0.338. The number of Topliss-reactive ketones (excluding diaryl/α,β-unsaturated/α-hetero) is 1. The summed E-state index contributed by atoms with van der Waals surface area (Å²) in [5.41, 5.74) is 0. The van der Waals surface area contributed by atoms with Gasteiger partial charge in [0.15, 0.2) is 0 Å². The lowest BCUT2D eigenvalue weighted by atomic mass is 10.3. The first-order valence-corrected chi connectivity index (χ1v) is 2.75. The largest absolute Gasteiger partial charge is 0.465 e. The van der Waals surface area contributed by atoms with Gasteiger partial charge in [0.25, 0.3) is 0 Å². The Bertz CT molecular complexity index is 103. The molecule has 0 aromatic rings. The fraction of sp³-hybridized carbons (Fsp3) is 0.667. The minimum absolute atomic E-state index is 0.0382. The van der Waals surface area contributed by atoms with Gasteiger partial charge in [0.2, 0.25) is 0 Å². The van der Waals surface area contributed by atoms with Crippen LogP contribution in [0.25, 0.3) is 0 Å². The lowest BCUT2D eigenvalue weighted by molar-refractivity contribution is -0.141. The molecule has 0 aliphatic carbocycles. The van der Waals surface area contributed by atoms with Gasteiger partial charge in [0.05, 0.1) is 6.61 Å². The first-order valence-electron chi connectivity index (χ1n) is 2.75. The average molecular weight is 130 g/mol. The van der Waals surface area contributed by atoms with E-state index in [0.29, 0.717) is 6.42 Å². The number of ether oxygens (including phenoxy) is 1. The number of rotatable bonds is 3. The van der Waals surface area contributed by atoms with Crippen molar-refractivity contribution < 1.29 is 14.3 Å². The molecule has 0 aliphatic rings. The highest BCUT2D eigenvalue weighted by Crippen LogP contribution is 1.83. The molecule has 0 spiro atoms. The molecule has 3 nitrogen and oxygen atoms in total. The average Bonchev–Trinajstić information content (AvgIpc) is 1.63. The maximum atomic E-state index is 10.2. The zero-order valence-corrected chi connectivity index (χ0v) is 5.64. The van der Waals surface area contributed by atoms with E-state index in [4.69, 9.17) is 0 Å². The van der Waals surface area contributed by atoms with Crippen LogP contribution in [0.5, 0.6) is 0 Å². The van der Waals surface area contributed by atoms with Crippen LogP contribution >= 0.6 is 0 Å². The van der Waals surface area contributed by atoms with Crippen LogP contribution in [0.4, 0.5) is 0 Å². The van der Waals surface area contributed by atoms with Gasteiger partial charge in [-0.2, -0.15) is 0 Å². The van der Waals surface area contributed by atoms with Crippen molar-refractivity contribution in [2.24, 2.45) is 0 Å². The molecule has 0 saturated heterocycles. The summed E-state index contributed by atoms with van der Waals surface area (Å²) in [5, 5.41) is 0. The second kappa shape index (κ2) is 4.06. The van der Waals surface area contributed by atoms with Gasteiger partial charge >= 0.3 is 5.97 Å². The van der Waals surface area contributed by atoms with Gasteiger partial charge in [0, 0.05) is 13.3 Å². The summed E-state index contributed by atoms with van der Waals surface area (Å²) in [4.78, 5) is 20.3. The molecule has 0 aromatic heterocycles. The van der Waals surface area contributed by atoms with Gasteiger partial charge < -0.3 is 4.74 Å². The number of esters is 1. The Hall–Kier alpha value is -0.860. The SMILES string of the molecule is CC(=O)CCOC(C)=O. The van der Waals surface area contributed by atoms with E-state index in [2.05, 4.69) is 4.74 Å². The van der Waals surface area contributed by atoms with Crippen LogP contribution in [0.2, 0.25) is 0 Å². The Balaban J connectivity index is 3.10. The van der Waals surface area contributed by atoms with Crippen molar-refractivity contribution in [3.63, 3.8) is 0 Å². The summed E-state index contributed by atoms with van der Waals surface area (Å²) in [6.45, 7) is 2.99. The summed E-state index contributed by atoms with van der Waals surface area (Å²) >= 11 is 0. The van der Waals surface area contributed by atoms with Crippen LogP contribution < -0.4 is 0 Å². The van der Waals surface area contributed by atoms with Crippen molar-refractivity contribution in [2.45, 2.75) is 20.3 Å². The van der Waals surface area contributed by atoms with Crippen LogP contribution in [0, 0.1) is 0 Å². The monoisotopic (exact) mass is 130 g/mol. The highest BCUT2D eigenvalue weighted by molar-refractivity contribution is 5.76. The Kier molecular flexibility index (Phi) is 3.67. The van der Waals surface area contributed by atoms with Gasteiger partial charge in [-0.15, -0.1) is 0 Å². The van der Waals surface area contributed by atoms with Crippen LogP contribution in [-0.2, 0) is 14.3 Å². The number of carbonyl (C=O) groups is 2. The third-order valence-corrected chi connectivity index (χ3v) is 0.759. The van der Waals surface area contributed by atoms with Crippen LogP contribution in [0.15, 0.2) is 0 Å². The Labute approximate surface area is 54.0 Å². The first kappa shape index (κ1) is 8.14. The number of ketones is 1. The molecule has 0 radical (unpaired) electrons. The summed E-state index contributed by atoms with van der Waals surface area (Å²) in [6, 6.07) is 0. The van der Waals surface area contributed by atoms with E-state index in [0.717, 1.165) is 0 Å². The number of hydrogen-bond donors (Lipinski definition) is 0. The van der Waals surface area contributed by atoms with Crippen molar-refractivity contribution in [1.29, 1.82) is 0 Å². The second-order valence-corrected chi connectivity index (χ2v) is 1.79. The molecule has 0 rings (SSSR count). The van der Waals surface area contributed by atoms with Crippen LogP contribution in [-0.4, -0.2) is 18.4 Å². The minimum Gasteiger partial charge on any atom is -0.465 e. The van der Waals surface area contributed by atoms with Crippen LogP contribution in [0.3, 0.4) is 0 Å². The third kappa shape index (κ3) is 7.14. The molecule has 0 fully saturated rings. The van der Waals surface area contributed by atoms with E-state index in [-0.39, 0.29) is 18.4 Å². The molecule has 0 bridgehead atoms. The maximum Gasteiger partial charge on any atom is 0.302 e. The predicted octanol–water partition coefficient (Wildman–Crippen LogP) is 0.529. The zero-order valence-electron chi connectivity index (χ0n) is 5.64. The van der Waals surface area contributed by atoms with Crippen molar-refractivity contribution in [3.8, 4) is 0 Å². The van der Waals surface area contributed by atoms with Gasteiger partial charge in [-0.05, 0) is 6.92 Å². The molecule has 9 heavy (non-hydrogen) atoms. The summed E-state index contributed by atoms with van der Waals surface area (Å²) in [7, 11) is 0. The minimum atomic E-state index is -0.337. The summed E-state index contributed by atoms with van der Waals surface area (Å²) < 4.78 is 4.49. The predicted molar refractivity (Wildman–Crippen MR) is 31.9 cm³/mol. The molecule has 0 atom stereocenters. The lowest BCUT2D eigenvalue weighted by Gasteiger charge is -1.96. The first-order chi connectivity index (χ1) is 4.13. The van der Waals surface area contributed by atoms with E-state index < -0.39 is 0 Å². The molecule has 3 heteroatoms. The standard InChI is InChI=1S/C6H10O3/c1-5(7)3-4-9-6(2)8/h3-4H2,1-2H3. The molecular formula is C6H10O3. The summed E-state index contributed by atoms with van der Waals surface area (Å²) in [5.74, 6) is -0.299. The van der Waals surface area contributed by atoms with Crippen molar-refractivity contribution in [1.82, 2.24) is 0 Å². The van der Waals surface area contributed by atoms with E-state index >= 15 is 0 Å². The smallest absolute Gasteiger partial charge is 0.302 e. The lowest BCUT2D eigenvalue weighted by Crippen LogP contribution is -2.03. The highest BCUT2D eigenvalue weighted by atomic mass is 16.5. The Morgan fingerprint density at radius 3 is 2.22 bits per heavy atom. The molecule has 0 aromatic carbocycles. The molecule has 0 heterocycles. The molecule has 0 saturated carbocycles. The van der Waals surface area contributed by atoms with Crippen molar-refractivity contribution in [3.05, 3.63) is 0 Å². The van der Waals surface area contributed by atoms with Crippen molar-refractivity contribution >= 4 is 11.8 Å². The maximum absolute atomic E-state index is 10.2. The van der Waals surface area contributed by atoms with E-state index in [9.17, 15) is 9.59 Å². The summed E-state index contributed by atoms with van der Waals surface area (Å²) in [6.07, 6.45) is 0.319. The highest BCUT2D eigenvalue weighted by Gasteiger charge is 1.94. The Morgan fingerprint density at radius 2 is 1.89 bits per heavy atom. The number of carbonyl (C=O) groups excluding carboxylic acids is 2. The quantitative estimate of drug-likeness (QED) is 0.523. The van der Waals surface area contributed by atoms with E-state index in [1.165, 1.54) is 13.8 Å². The van der Waals surface area contributed by atoms with E-state index in [1.807, 2.05) is 0 Å². The molecule has 52 valence electrons. The molecule has 0 amide bonds. The van der Waals surface area contributed by atoms with Crippen molar-refractivity contribution in [2.75, 3.05) is 6.61 Å². The second-order valence-electron chi connectivity index (χ2n) is 1.79. The van der Waals surface area contributed by atoms with Gasteiger partial charge in [-0.1, -0.05) is 0 Å². The Morgan fingerprint density at radius 1 is 1.33 bits per heavy atom. The van der Waals surface area contributed by atoms with Gasteiger partial charge in [-0.3, -0.25) is 9.59 Å². The molecular weight excluding hydrogens is 120 g/mol. The fourth-order valence-corrected chi connectivity index (χ4v) is 0.338. The van der Waals surface area contributed by atoms with Gasteiger partial charge in [0.1, 0.15) is 5.78 Å². The molecule has 0 unspecified atom stereocenters. The van der Waals surface area contributed by atoms with E-state index in [1.54, 1.807) is 0 Å². The molecule has 0 aliphatic heterocycles. The normalized spacial score (nSPS) is 8.67. The zero-order chi connectivity index (χ0) is 7.28.